The standard InChI is InChI=1S/C23H16ClN3O4S/c1-15-21(32-20-10-6-5-9-19(20)27(29)30)22(26(25-15)18-7-3-2-4-8-18)31-23(28)16-11-13-17(24)14-12-16/h2-14H,1H3. The van der Waals surface area contributed by atoms with Crippen LogP contribution in [0.15, 0.2) is 88.7 Å². The van der Waals surface area contributed by atoms with Crippen LogP contribution < -0.4 is 4.74 Å². The van der Waals surface area contributed by atoms with E-state index < -0.39 is 10.9 Å². The largest absolute Gasteiger partial charge is 0.402 e. The molecule has 0 radical (unpaired) electrons. The molecule has 4 aromatic rings. The molecule has 0 saturated carbocycles. The topological polar surface area (TPSA) is 87.3 Å². The highest BCUT2D eigenvalue weighted by atomic mass is 35.5. The van der Waals surface area contributed by atoms with Gasteiger partial charge in [0.2, 0.25) is 5.88 Å². The van der Waals surface area contributed by atoms with E-state index in [1.54, 1.807) is 49.4 Å². The number of rotatable bonds is 6. The zero-order valence-electron chi connectivity index (χ0n) is 16.8. The first-order valence-corrected chi connectivity index (χ1v) is 10.7. The van der Waals surface area contributed by atoms with Crippen LogP contribution in [0.4, 0.5) is 5.69 Å². The van der Waals surface area contributed by atoms with E-state index >= 15 is 0 Å². The van der Waals surface area contributed by atoms with Crippen LogP contribution in [0.1, 0.15) is 16.1 Å². The number of aryl methyl sites for hydroxylation is 1. The highest BCUT2D eigenvalue weighted by Gasteiger charge is 2.25. The van der Waals surface area contributed by atoms with Gasteiger partial charge >= 0.3 is 5.97 Å². The lowest BCUT2D eigenvalue weighted by molar-refractivity contribution is -0.387. The van der Waals surface area contributed by atoms with Crippen LogP contribution in [0.3, 0.4) is 0 Å². The van der Waals surface area contributed by atoms with Gasteiger partial charge in [0.1, 0.15) is 0 Å². The number of benzene rings is 3. The van der Waals surface area contributed by atoms with E-state index in [2.05, 4.69) is 5.10 Å². The van der Waals surface area contributed by atoms with Crippen molar-refractivity contribution in [3.05, 3.63) is 105 Å². The normalized spacial score (nSPS) is 10.7. The van der Waals surface area contributed by atoms with Crippen molar-refractivity contribution < 1.29 is 14.5 Å². The van der Waals surface area contributed by atoms with Gasteiger partial charge in [0, 0.05) is 11.1 Å². The third-order valence-electron chi connectivity index (χ3n) is 4.51. The Morgan fingerprint density at radius 3 is 2.38 bits per heavy atom. The maximum Gasteiger partial charge on any atom is 0.344 e. The number of aromatic nitrogens is 2. The van der Waals surface area contributed by atoms with Crippen LogP contribution in [0.5, 0.6) is 5.88 Å². The van der Waals surface area contributed by atoms with Crippen LogP contribution in [0.2, 0.25) is 5.02 Å². The molecule has 7 nitrogen and oxygen atoms in total. The Hall–Kier alpha value is -3.62. The molecular weight excluding hydrogens is 450 g/mol. The summed E-state index contributed by atoms with van der Waals surface area (Å²) in [4.78, 5) is 24.8. The monoisotopic (exact) mass is 465 g/mol. The minimum absolute atomic E-state index is 0.0423. The predicted octanol–water partition coefficient (Wildman–Crippen LogP) is 6.11. The van der Waals surface area contributed by atoms with Gasteiger partial charge in [0.25, 0.3) is 5.69 Å². The quantitative estimate of drug-likeness (QED) is 0.194. The summed E-state index contributed by atoms with van der Waals surface area (Å²) in [5.74, 6) is -0.417. The Morgan fingerprint density at radius 2 is 1.69 bits per heavy atom. The van der Waals surface area contributed by atoms with Gasteiger partial charge in [0.15, 0.2) is 0 Å². The predicted molar refractivity (Wildman–Crippen MR) is 122 cm³/mol. The maximum absolute atomic E-state index is 12.9. The van der Waals surface area contributed by atoms with Gasteiger partial charge in [-0.1, -0.05) is 53.7 Å². The molecule has 0 amide bonds. The molecule has 160 valence electrons. The lowest BCUT2D eigenvalue weighted by atomic mass is 10.2. The maximum atomic E-state index is 12.9. The summed E-state index contributed by atoms with van der Waals surface area (Å²) in [6, 6.07) is 21.9. The number of ether oxygens (including phenoxy) is 1. The Kier molecular flexibility index (Phi) is 6.25. The van der Waals surface area contributed by atoms with E-state index in [0.29, 0.717) is 31.8 Å². The molecule has 0 aliphatic carbocycles. The van der Waals surface area contributed by atoms with Crippen molar-refractivity contribution in [2.75, 3.05) is 0 Å². The molecule has 0 atom stereocenters. The molecule has 1 aromatic heterocycles. The van der Waals surface area contributed by atoms with Crippen molar-refractivity contribution in [1.82, 2.24) is 9.78 Å². The molecule has 32 heavy (non-hydrogen) atoms. The highest BCUT2D eigenvalue weighted by Crippen LogP contribution is 2.42. The molecule has 0 aliphatic rings. The summed E-state index contributed by atoms with van der Waals surface area (Å²) in [5.41, 5.74) is 1.52. The fraction of sp³-hybridized carbons (Fsp3) is 0.0435. The van der Waals surface area contributed by atoms with Gasteiger partial charge in [-0.2, -0.15) is 9.78 Å². The molecule has 0 saturated heterocycles. The molecular formula is C23H16ClN3O4S. The molecule has 1 heterocycles. The van der Waals surface area contributed by atoms with Crippen LogP contribution in [-0.4, -0.2) is 20.7 Å². The second-order valence-electron chi connectivity index (χ2n) is 6.69. The van der Waals surface area contributed by atoms with Crippen molar-refractivity contribution >= 4 is 35.0 Å². The summed E-state index contributed by atoms with van der Waals surface area (Å²) in [6.45, 7) is 1.76. The van der Waals surface area contributed by atoms with Gasteiger partial charge < -0.3 is 4.74 Å². The van der Waals surface area contributed by atoms with E-state index in [0.717, 1.165) is 11.8 Å². The Morgan fingerprint density at radius 1 is 1.03 bits per heavy atom. The first-order valence-electron chi connectivity index (χ1n) is 9.48. The summed E-state index contributed by atoms with van der Waals surface area (Å²) in [7, 11) is 0. The Labute approximate surface area is 192 Å². The number of para-hydroxylation sites is 2. The third kappa shape index (κ3) is 4.51. The van der Waals surface area contributed by atoms with Gasteiger partial charge in [-0.05, 0) is 49.4 Å². The smallest absolute Gasteiger partial charge is 0.344 e. The minimum Gasteiger partial charge on any atom is -0.402 e. The fourth-order valence-corrected chi connectivity index (χ4v) is 4.12. The van der Waals surface area contributed by atoms with Crippen LogP contribution in [-0.2, 0) is 0 Å². The second-order valence-corrected chi connectivity index (χ2v) is 8.18. The van der Waals surface area contributed by atoms with Crippen molar-refractivity contribution in [2.45, 2.75) is 16.7 Å². The number of hydrogen-bond acceptors (Lipinski definition) is 6. The minimum atomic E-state index is -0.594. The summed E-state index contributed by atoms with van der Waals surface area (Å²) in [5, 5.41) is 16.5. The molecule has 0 aliphatic heterocycles. The van der Waals surface area contributed by atoms with Gasteiger partial charge in [-0.3, -0.25) is 10.1 Å². The number of nitrogens with zero attached hydrogens (tertiary/aromatic N) is 3. The van der Waals surface area contributed by atoms with E-state index in [9.17, 15) is 14.9 Å². The number of nitro benzene ring substituents is 1. The Balaban J connectivity index is 1.80. The number of esters is 1. The van der Waals surface area contributed by atoms with E-state index in [-0.39, 0.29) is 11.6 Å². The SMILES string of the molecule is Cc1nn(-c2ccccc2)c(OC(=O)c2ccc(Cl)cc2)c1Sc1ccccc1[N+](=O)[O-]. The molecule has 4 rings (SSSR count). The molecule has 9 heteroatoms. The van der Waals surface area contributed by atoms with E-state index in [4.69, 9.17) is 16.3 Å². The molecule has 0 unspecified atom stereocenters. The molecule has 3 aromatic carbocycles. The van der Waals surface area contributed by atoms with Crippen LogP contribution in [0.25, 0.3) is 5.69 Å². The second kappa shape index (κ2) is 9.25. The van der Waals surface area contributed by atoms with Gasteiger partial charge in [-0.15, -0.1) is 0 Å². The summed E-state index contributed by atoms with van der Waals surface area (Å²) < 4.78 is 7.29. The first-order chi connectivity index (χ1) is 15.4. The number of halogens is 1. The van der Waals surface area contributed by atoms with E-state index in [1.807, 2.05) is 30.3 Å². The first kappa shape index (κ1) is 21.6. The molecule has 0 spiro atoms. The van der Waals surface area contributed by atoms with Crippen molar-refractivity contribution in [3.63, 3.8) is 0 Å². The highest BCUT2D eigenvalue weighted by molar-refractivity contribution is 7.99. The molecule has 0 fully saturated rings. The zero-order valence-corrected chi connectivity index (χ0v) is 18.3. The van der Waals surface area contributed by atoms with Crippen LogP contribution in [0, 0.1) is 17.0 Å². The van der Waals surface area contributed by atoms with Gasteiger partial charge in [0.05, 0.1) is 31.7 Å². The average Bonchev–Trinajstić information content (AvgIpc) is 3.10. The number of carbonyl (C=O) groups is 1. The molecule has 0 N–H and O–H groups in total. The Bertz CT molecular complexity index is 1290. The number of carbonyl (C=O) groups excluding carboxylic acids is 1. The van der Waals surface area contributed by atoms with Crippen molar-refractivity contribution in [3.8, 4) is 11.6 Å². The van der Waals surface area contributed by atoms with Crippen LogP contribution >= 0.6 is 23.4 Å². The number of nitro groups is 1. The van der Waals surface area contributed by atoms with Crippen molar-refractivity contribution in [1.29, 1.82) is 0 Å². The lowest BCUT2D eigenvalue weighted by Gasteiger charge is -2.10. The van der Waals surface area contributed by atoms with E-state index in [1.165, 1.54) is 10.7 Å². The zero-order chi connectivity index (χ0) is 22.7. The third-order valence-corrected chi connectivity index (χ3v) is 6.00. The van der Waals surface area contributed by atoms with Gasteiger partial charge in [-0.25, -0.2) is 4.79 Å². The summed E-state index contributed by atoms with van der Waals surface area (Å²) >= 11 is 7.04. The average molecular weight is 466 g/mol. The number of hydrogen-bond donors (Lipinski definition) is 0. The summed E-state index contributed by atoms with van der Waals surface area (Å²) in [6.07, 6.45) is 0. The van der Waals surface area contributed by atoms with Crippen molar-refractivity contribution in [2.24, 2.45) is 0 Å². The lowest BCUT2D eigenvalue weighted by Crippen LogP contribution is -2.12. The molecule has 0 bridgehead atoms. The fourth-order valence-electron chi connectivity index (χ4n) is 2.98.